The highest BCUT2D eigenvalue weighted by Crippen LogP contribution is 2.29. The topological polar surface area (TPSA) is 26.0 Å². The predicted octanol–water partition coefficient (Wildman–Crippen LogP) is 4.63. The van der Waals surface area contributed by atoms with Crippen LogP contribution in [-0.2, 0) is 0 Å². The van der Waals surface area contributed by atoms with Gasteiger partial charge in [-0.05, 0) is 40.1 Å². The van der Waals surface area contributed by atoms with Gasteiger partial charge in [0.15, 0.2) is 0 Å². The summed E-state index contributed by atoms with van der Waals surface area (Å²) in [7, 11) is 0. The molecule has 16 heavy (non-hydrogen) atoms. The minimum atomic E-state index is -0.0945. The molecule has 0 spiro atoms. The predicted molar refractivity (Wildman–Crippen MR) is 76.7 cm³/mol. The van der Waals surface area contributed by atoms with E-state index in [1.807, 2.05) is 29.6 Å². The van der Waals surface area contributed by atoms with Gasteiger partial charge >= 0.3 is 0 Å². The van der Waals surface area contributed by atoms with Gasteiger partial charge in [0.2, 0.25) is 0 Å². The van der Waals surface area contributed by atoms with E-state index in [0.29, 0.717) is 5.02 Å². The highest BCUT2D eigenvalue weighted by atomic mass is 79.9. The number of nitrogens with two attached hydrogens (primary N) is 1. The molecule has 1 aromatic carbocycles. The van der Waals surface area contributed by atoms with Crippen molar-refractivity contribution in [1.82, 2.24) is 0 Å². The van der Waals surface area contributed by atoms with Crippen molar-refractivity contribution < 1.29 is 0 Å². The zero-order valence-electron chi connectivity index (χ0n) is 8.19. The van der Waals surface area contributed by atoms with Crippen molar-refractivity contribution in [3.05, 3.63) is 55.6 Å². The molecular weight excluding hydrogens is 329 g/mol. The third-order valence-corrected chi connectivity index (χ3v) is 3.82. The first-order valence-electron chi connectivity index (χ1n) is 4.41. The number of rotatable bonds is 2. The van der Waals surface area contributed by atoms with Gasteiger partial charge in [-0.15, -0.1) is 12.4 Å². The summed E-state index contributed by atoms with van der Waals surface area (Å²) in [4.78, 5) is 0. The molecule has 0 aliphatic heterocycles. The molecule has 86 valence electrons. The van der Waals surface area contributed by atoms with Crippen LogP contribution in [0, 0.1) is 0 Å². The lowest BCUT2D eigenvalue weighted by atomic mass is 10.0. The van der Waals surface area contributed by atoms with Crippen molar-refractivity contribution in [1.29, 1.82) is 0 Å². The molecule has 0 amide bonds. The molecule has 0 unspecified atom stereocenters. The van der Waals surface area contributed by atoms with Gasteiger partial charge in [0.1, 0.15) is 0 Å². The summed E-state index contributed by atoms with van der Waals surface area (Å²) in [6.45, 7) is 0. The Morgan fingerprint density at radius 2 is 2.06 bits per heavy atom. The van der Waals surface area contributed by atoms with Gasteiger partial charge in [-0.3, -0.25) is 0 Å². The molecule has 0 saturated carbocycles. The molecule has 0 radical (unpaired) electrons. The van der Waals surface area contributed by atoms with Crippen LogP contribution in [0.15, 0.2) is 39.5 Å². The van der Waals surface area contributed by atoms with E-state index in [2.05, 4.69) is 21.3 Å². The third-order valence-electron chi connectivity index (χ3n) is 2.20. The monoisotopic (exact) mass is 337 g/mol. The summed E-state index contributed by atoms with van der Waals surface area (Å²) >= 11 is 11.0. The van der Waals surface area contributed by atoms with Gasteiger partial charge in [-0.2, -0.15) is 11.3 Å². The Labute approximate surface area is 118 Å². The van der Waals surface area contributed by atoms with Crippen molar-refractivity contribution >= 4 is 51.3 Å². The molecule has 0 saturated heterocycles. The zero-order chi connectivity index (χ0) is 10.8. The summed E-state index contributed by atoms with van der Waals surface area (Å²) in [5.41, 5.74) is 8.33. The number of hydrogen-bond acceptors (Lipinski definition) is 2. The average Bonchev–Trinajstić information content (AvgIpc) is 2.69. The van der Waals surface area contributed by atoms with Crippen molar-refractivity contribution in [2.45, 2.75) is 6.04 Å². The smallest absolute Gasteiger partial charge is 0.0571 e. The zero-order valence-corrected chi connectivity index (χ0v) is 12.2. The summed E-state index contributed by atoms with van der Waals surface area (Å²) in [6, 6.07) is 7.62. The summed E-state index contributed by atoms with van der Waals surface area (Å²) in [6.07, 6.45) is 0. The minimum absolute atomic E-state index is 0. The Balaban J connectivity index is 0.00000128. The Morgan fingerprint density at radius 1 is 1.31 bits per heavy atom. The number of halogens is 3. The first-order chi connectivity index (χ1) is 7.18. The van der Waals surface area contributed by atoms with Gasteiger partial charge in [0, 0.05) is 9.50 Å². The lowest BCUT2D eigenvalue weighted by Gasteiger charge is -2.12. The lowest BCUT2D eigenvalue weighted by Crippen LogP contribution is -2.11. The Morgan fingerprint density at radius 3 is 2.62 bits per heavy atom. The highest BCUT2D eigenvalue weighted by Gasteiger charge is 2.12. The first kappa shape index (κ1) is 14.0. The maximum absolute atomic E-state index is 6.15. The van der Waals surface area contributed by atoms with Crippen molar-refractivity contribution in [3.63, 3.8) is 0 Å². The number of thiophene rings is 1. The SMILES string of the molecule is Cl.N[C@@H](c1ccsc1)c1ccc(Cl)cc1Br. The number of hydrogen-bond donors (Lipinski definition) is 1. The van der Waals surface area contributed by atoms with E-state index in [9.17, 15) is 0 Å². The summed E-state index contributed by atoms with van der Waals surface area (Å²) in [5, 5.41) is 4.80. The van der Waals surface area contributed by atoms with Crippen molar-refractivity contribution in [2.24, 2.45) is 5.73 Å². The number of benzene rings is 1. The molecule has 0 fully saturated rings. The van der Waals surface area contributed by atoms with Crippen LogP contribution in [-0.4, -0.2) is 0 Å². The van der Waals surface area contributed by atoms with E-state index in [1.54, 1.807) is 11.3 Å². The van der Waals surface area contributed by atoms with E-state index < -0.39 is 0 Å². The molecular formula is C11H10BrCl2NS. The van der Waals surface area contributed by atoms with Crippen LogP contribution in [0.4, 0.5) is 0 Å². The maximum Gasteiger partial charge on any atom is 0.0571 e. The molecule has 0 aliphatic carbocycles. The molecule has 0 aliphatic rings. The van der Waals surface area contributed by atoms with Gasteiger partial charge in [-0.25, -0.2) is 0 Å². The normalized spacial score (nSPS) is 11.9. The molecule has 1 heterocycles. The molecule has 1 atom stereocenters. The summed E-state index contributed by atoms with van der Waals surface area (Å²) in [5.74, 6) is 0. The van der Waals surface area contributed by atoms with Gasteiger partial charge in [0.05, 0.1) is 6.04 Å². The second kappa shape index (κ2) is 6.03. The van der Waals surface area contributed by atoms with Gasteiger partial charge in [-0.1, -0.05) is 33.6 Å². The van der Waals surface area contributed by atoms with Crippen LogP contribution in [0.5, 0.6) is 0 Å². The van der Waals surface area contributed by atoms with Crippen LogP contribution in [0.1, 0.15) is 17.2 Å². The van der Waals surface area contributed by atoms with E-state index >= 15 is 0 Å². The van der Waals surface area contributed by atoms with E-state index in [1.165, 1.54) is 0 Å². The standard InChI is InChI=1S/C11H9BrClNS.ClH/c12-10-5-8(13)1-2-9(10)11(14)7-3-4-15-6-7;/h1-6,11H,14H2;1H/t11-;/m0./s1. The Hall–Kier alpha value is -0.0600. The second-order valence-electron chi connectivity index (χ2n) is 3.20. The molecule has 5 heteroatoms. The molecule has 2 N–H and O–H groups in total. The van der Waals surface area contributed by atoms with E-state index in [-0.39, 0.29) is 18.4 Å². The summed E-state index contributed by atoms with van der Waals surface area (Å²) < 4.78 is 0.953. The van der Waals surface area contributed by atoms with E-state index in [0.717, 1.165) is 15.6 Å². The lowest BCUT2D eigenvalue weighted by molar-refractivity contribution is 0.871. The Bertz CT molecular complexity index is 459. The molecule has 1 nitrogen and oxygen atoms in total. The van der Waals surface area contributed by atoms with Crippen LogP contribution in [0.2, 0.25) is 5.02 Å². The van der Waals surface area contributed by atoms with Crippen molar-refractivity contribution in [3.8, 4) is 0 Å². The maximum atomic E-state index is 6.15. The fourth-order valence-corrected chi connectivity index (χ4v) is 3.01. The van der Waals surface area contributed by atoms with Crippen LogP contribution >= 0.6 is 51.3 Å². The average molecular weight is 339 g/mol. The largest absolute Gasteiger partial charge is 0.320 e. The van der Waals surface area contributed by atoms with Gasteiger partial charge in [0.25, 0.3) is 0 Å². The fourth-order valence-electron chi connectivity index (χ4n) is 1.39. The molecule has 2 aromatic rings. The van der Waals surface area contributed by atoms with Gasteiger partial charge < -0.3 is 5.73 Å². The quantitative estimate of drug-likeness (QED) is 0.848. The van der Waals surface area contributed by atoms with Crippen LogP contribution < -0.4 is 5.73 Å². The fraction of sp³-hybridized carbons (Fsp3) is 0.0909. The van der Waals surface area contributed by atoms with Crippen LogP contribution in [0.25, 0.3) is 0 Å². The first-order valence-corrected chi connectivity index (χ1v) is 6.52. The second-order valence-corrected chi connectivity index (χ2v) is 5.27. The molecule has 0 bridgehead atoms. The minimum Gasteiger partial charge on any atom is -0.320 e. The molecule has 1 aromatic heterocycles. The van der Waals surface area contributed by atoms with E-state index in [4.69, 9.17) is 17.3 Å². The highest BCUT2D eigenvalue weighted by molar-refractivity contribution is 9.10. The van der Waals surface area contributed by atoms with Crippen molar-refractivity contribution in [2.75, 3.05) is 0 Å². The third kappa shape index (κ3) is 2.99. The Kier molecular flexibility index (Phi) is 5.28. The van der Waals surface area contributed by atoms with Crippen LogP contribution in [0.3, 0.4) is 0 Å². The molecule has 2 rings (SSSR count).